The van der Waals surface area contributed by atoms with Gasteiger partial charge in [0.05, 0.1) is 0 Å². The SMILES string of the molecule is C=CC(=O)OC(C)(C)C.CC(C)(C)OC(=O)/C=C/C(=O)O. The summed E-state index contributed by atoms with van der Waals surface area (Å²) in [6.07, 6.45) is 2.78. The maximum Gasteiger partial charge on any atom is 0.331 e. The second kappa shape index (κ2) is 8.94. The summed E-state index contributed by atoms with van der Waals surface area (Å²) in [6, 6.07) is 0. The molecule has 0 aromatic carbocycles. The largest absolute Gasteiger partial charge is 0.478 e. The quantitative estimate of drug-likeness (QED) is 0.636. The van der Waals surface area contributed by atoms with Gasteiger partial charge in [-0.3, -0.25) is 0 Å². The van der Waals surface area contributed by atoms with E-state index in [4.69, 9.17) is 14.6 Å². The van der Waals surface area contributed by atoms with Gasteiger partial charge in [0, 0.05) is 18.2 Å². The van der Waals surface area contributed by atoms with E-state index in [-0.39, 0.29) is 5.97 Å². The number of carboxylic acids is 1. The van der Waals surface area contributed by atoms with Gasteiger partial charge in [0.2, 0.25) is 0 Å². The summed E-state index contributed by atoms with van der Waals surface area (Å²) in [6.45, 7) is 13.8. The summed E-state index contributed by atoms with van der Waals surface area (Å²) in [7, 11) is 0. The number of hydrogen-bond donors (Lipinski definition) is 1. The summed E-state index contributed by atoms with van der Waals surface area (Å²) in [4.78, 5) is 31.3. The summed E-state index contributed by atoms with van der Waals surface area (Å²) in [5.74, 6) is -2.19. The van der Waals surface area contributed by atoms with Gasteiger partial charge < -0.3 is 14.6 Å². The number of carboxylic acid groups (broad SMARTS) is 1. The van der Waals surface area contributed by atoms with Crippen molar-refractivity contribution in [3.8, 4) is 0 Å². The van der Waals surface area contributed by atoms with Crippen molar-refractivity contribution >= 4 is 17.9 Å². The Bertz CT molecular complexity index is 407. The molecular weight excluding hydrogens is 276 g/mol. The second-order valence-corrected chi connectivity index (χ2v) is 5.94. The van der Waals surface area contributed by atoms with Crippen LogP contribution in [-0.2, 0) is 23.9 Å². The first kappa shape index (κ1) is 21.2. The van der Waals surface area contributed by atoms with Crippen LogP contribution in [-0.4, -0.2) is 34.2 Å². The minimum absolute atomic E-state index is 0.373. The predicted molar refractivity (Wildman–Crippen MR) is 78.7 cm³/mol. The minimum Gasteiger partial charge on any atom is -0.478 e. The third-order valence-electron chi connectivity index (χ3n) is 1.34. The van der Waals surface area contributed by atoms with Crippen molar-refractivity contribution in [2.24, 2.45) is 0 Å². The molecule has 0 saturated carbocycles. The molecule has 120 valence electrons. The third kappa shape index (κ3) is 20.4. The predicted octanol–water partition coefficient (Wildman–Crippen LogP) is 2.48. The zero-order chi connectivity index (χ0) is 17.3. The van der Waals surface area contributed by atoms with Crippen LogP contribution in [0.4, 0.5) is 0 Å². The third-order valence-corrected chi connectivity index (χ3v) is 1.34. The summed E-state index contributed by atoms with van der Waals surface area (Å²) >= 11 is 0. The number of carbonyl (C=O) groups is 3. The summed E-state index contributed by atoms with van der Waals surface area (Å²) < 4.78 is 9.63. The van der Waals surface area contributed by atoms with E-state index in [1.165, 1.54) is 0 Å². The normalized spacial score (nSPS) is 11.1. The number of ether oxygens (including phenoxy) is 2. The molecule has 0 rings (SSSR count). The topological polar surface area (TPSA) is 89.9 Å². The molecule has 0 aromatic rings. The number of carbonyl (C=O) groups excluding carboxylic acids is 2. The number of rotatable bonds is 3. The average molecular weight is 300 g/mol. The molecule has 0 aliphatic carbocycles. The van der Waals surface area contributed by atoms with Gasteiger partial charge in [0.1, 0.15) is 11.2 Å². The lowest BCUT2D eigenvalue weighted by Gasteiger charge is -2.17. The molecule has 0 atom stereocenters. The lowest BCUT2D eigenvalue weighted by atomic mass is 10.2. The fraction of sp³-hybridized carbons (Fsp3) is 0.533. The smallest absolute Gasteiger partial charge is 0.331 e. The molecule has 21 heavy (non-hydrogen) atoms. The van der Waals surface area contributed by atoms with Gasteiger partial charge in [-0.25, -0.2) is 14.4 Å². The molecule has 0 fully saturated rings. The number of aliphatic carboxylic acids is 1. The van der Waals surface area contributed by atoms with Gasteiger partial charge in [-0.05, 0) is 41.5 Å². The monoisotopic (exact) mass is 300 g/mol. The van der Waals surface area contributed by atoms with Gasteiger partial charge in [0.25, 0.3) is 0 Å². The molecule has 0 unspecified atom stereocenters. The van der Waals surface area contributed by atoms with Crippen LogP contribution in [0.5, 0.6) is 0 Å². The molecule has 6 nitrogen and oxygen atoms in total. The Kier molecular flexibility index (Phi) is 9.02. The van der Waals surface area contributed by atoms with Crippen molar-refractivity contribution in [3.05, 3.63) is 24.8 Å². The van der Waals surface area contributed by atoms with E-state index in [0.29, 0.717) is 0 Å². The fourth-order valence-electron chi connectivity index (χ4n) is 0.819. The maximum atomic E-state index is 10.8. The van der Waals surface area contributed by atoms with Crippen molar-refractivity contribution in [1.82, 2.24) is 0 Å². The lowest BCUT2D eigenvalue weighted by molar-refractivity contribution is -0.149. The van der Waals surface area contributed by atoms with E-state index >= 15 is 0 Å². The maximum absolute atomic E-state index is 10.8. The Balaban J connectivity index is 0. The van der Waals surface area contributed by atoms with Crippen LogP contribution in [0, 0.1) is 0 Å². The molecule has 6 heteroatoms. The molecule has 0 radical (unpaired) electrons. The van der Waals surface area contributed by atoms with Crippen LogP contribution in [0.25, 0.3) is 0 Å². The highest BCUT2D eigenvalue weighted by Gasteiger charge is 2.14. The molecule has 0 bridgehead atoms. The molecule has 0 saturated heterocycles. The number of esters is 2. The van der Waals surface area contributed by atoms with E-state index in [2.05, 4.69) is 6.58 Å². The van der Waals surface area contributed by atoms with Crippen LogP contribution in [0.2, 0.25) is 0 Å². The number of hydrogen-bond acceptors (Lipinski definition) is 5. The molecule has 0 amide bonds. The van der Waals surface area contributed by atoms with Crippen LogP contribution in [0.15, 0.2) is 24.8 Å². The molecule has 0 spiro atoms. The van der Waals surface area contributed by atoms with Crippen LogP contribution < -0.4 is 0 Å². The van der Waals surface area contributed by atoms with E-state index in [1.54, 1.807) is 20.8 Å². The van der Waals surface area contributed by atoms with Crippen molar-refractivity contribution in [3.63, 3.8) is 0 Å². The average Bonchev–Trinajstić information content (AvgIpc) is 2.22. The molecule has 1 N–H and O–H groups in total. The van der Waals surface area contributed by atoms with Gasteiger partial charge in [-0.15, -0.1) is 0 Å². The molecule has 0 aliphatic heterocycles. The second-order valence-electron chi connectivity index (χ2n) is 5.94. The van der Waals surface area contributed by atoms with Crippen molar-refractivity contribution in [1.29, 1.82) is 0 Å². The van der Waals surface area contributed by atoms with Crippen LogP contribution in [0.1, 0.15) is 41.5 Å². The summed E-state index contributed by atoms with van der Waals surface area (Å²) in [5.41, 5.74) is -0.981. The van der Waals surface area contributed by atoms with Crippen molar-refractivity contribution in [2.45, 2.75) is 52.7 Å². The van der Waals surface area contributed by atoms with Gasteiger partial charge in [-0.2, -0.15) is 0 Å². The van der Waals surface area contributed by atoms with E-state index in [0.717, 1.165) is 18.2 Å². The fourth-order valence-corrected chi connectivity index (χ4v) is 0.819. The highest BCUT2D eigenvalue weighted by molar-refractivity contribution is 5.90. The van der Waals surface area contributed by atoms with Crippen molar-refractivity contribution < 1.29 is 29.0 Å². The zero-order valence-corrected chi connectivity index (χ0v) is 13.4. The standard InChI is InChI=1S/C8H12O4.C7H12O2/c1-8(2,3)12-7(11)5-4-6(9)10;1-5-6(8)9-7(2,3)4/h4-5H,1-3H3,(H,9,10);5H,1H2,2-4H3/b5-4+;. The minimum atomic E-state index is -1.17. The Hall–Kier alpha value is -2.11. The van der Waals surface area contributed by atoms with E-state index in [1.807, 2.05) is 20.8 Å². The zero-order valence-electron chi connectivity index (χ0n) is 13.4. The first-order chi connectivity index (χ1) is 9.26. The Morgan fingerprint density at radius 3 is 1.48 bits per heavy atom. The lowest BCUT2D eigenvalue weighted by Crippen LogP contribution is -2.22. The highest BCUT2D eigenvalue weighted by Crippen LogP contribution is 2.07. The van der Waals surface area contributed by atoms with Gasteiger partial charge in [0.15, 0.2) is 0 Å². The van der Waals surface area contributed by atoms with Crippen molar-refractivity contribution in [2.75, 3.05) is 0 Å². The molecule has 0 heterocycles. The Morgan fingerprint density at radius 2 is 1.24 bits per heavy atom. The first-order valence-electron chi connectivity index (χ1n) is 6.26. The molecular formula is C15H24O6. The van der Waals surface area contributed by atoms with Gasteiger partial charge in [-0.1, -0.05) is 6.58 Å². The van der Waals surface area contributed by atoms with Crippen LogP contribution in [0.3, 0.4) is 0 Å². The van der Waals surface area contributed by atoms with Crippen LogP contribution >= 0.6 is 0 Å². The van der Waals surface area contributed by atoms with E-state index in [9.17, 15) is 14.4 Å². The molecule has 0 aliphatic rings. The molecule has 0 aromatic heterocycles. The Morgan fingerprint density at radius 1 is 0.857 bits per heavy atom. The van der Waals surface area contributed by atoms with Gasteiger partial charge >= 0.3 is 17.9 Å². The Labute approximate surface area is 125 Å². The highest BCUT2D eigenvalue weighted by atomic mass is 16.6. The first-order valence-corrected chi connectivity index (χ1v) is 6.26. The summed E-state index contributed by atoms with van der Waals surface area (Å²) in [5, 5.41) is 8.17. The van der Waals surface area contributed by atoms with E-state index < -0.39 is 23.1 Å².